The van der Waals surface area contributed by atoms with E-state index in [2.05, 4.69) is 33.6 Å². The maximum Gasteiger partial charge on any atom is 0.326 e. The number of nitrogens with two attached hydrogens (primary N) is 2. The topological polar surface area (TPSA) is 192 Å². The number of aliphatic carboxylic acids is 1. The number of amides is 3. The minimum Gasteiger partial charge on any atom is -0.480 e. The maximum atomic E-state index is 13.2. The Balaban J connectivity index is 1.68. The van der Waals surface area contributed by atoms with Crippen LogP contribution in [0.2, 0.25) is 0 Å². The number of benzene rings is 2. The molecule has 41 heavy (non-hydrogen) atoms. The molecular weight excluding hydrogens is 544 g/mol. The number of nitrogens with one attached hydrogen (secondary N) is 4. The van der Waals surface area contributed by atoms with E-state index in [1.807, 2.05) is 30.3 Å². The number of H-pyrrole nitrogens is 1. The molecule has 3 rings (SSSR count). The Bertz CT molecular complexity index is 1320. The zero-order valence-corrected chi connectivity index (χ0v) is 23.6. The van der Waals surface area contributed by atoms with Crippen LogP contribution in [0.4, 0.5) is 0 Å². The number of para-hydroxylation sites is 1. The lowest BCUT2D eigenvalue weighted by molar-refractivity contribution is -0.142. The fourth-order valence-electron chi connectivity index (χ4n) is 4.46. The summed E-state index contributed by atoms with van der Waals surface area (Å²) in [5.74, 6) is -3.06. The van der Waals surface area contributed by atoms with Crippen molar-refractivity contribution < 1.29 is 24.3 Å². The van der Waals surface area contributed by atoms with Gasteiger partial charge in [0.2, 0.25) is 17.7 Å². The highest BCUT2D eigenvalue weighted by Crippen LogP contribution is 2.18. The number of aromatic nitrogens is 1. The van der Waals surface area contributed by atoms with Crippen LogP contribution in [0.3, 0.4) is 0 Å². The van der Waals surface area contributed by atoms with Gasteiger partial charge in [-0.25, -0.2) is 4.79 Å². The third-order valence-electron chi connectivity index (χ3n) is 6.74. The summed E-state index contributed by atoms with van der Waals surface area (Å²) in [6.45, 7) is 0.412. The molecule has 0 aliphatic carbocycles. The smallest absolute Gasteiger partial charge is 0.326 e. The highest BCUT2D eigenvalue weighted by Gasteiger charge is 2.30. The molecule has 2 aromatic carbocycles. The number of hydrogen-bond donors (Lipinski definition) is 8. The Morgan fingerprint density at radius 3 is 2.15 bits per heavy atom. The van der Waals surface area contributed by atoms with E-state index in [9.17, 15) is 24.3 Å². The summed E-state index contributed by atoms with van der Waals surface area (Å²) < 4.78 is 0. The van der Waals surface area contributed by atoms with Crippen molar-refractivity contribution in [1.82, 2.24) is 20.9 Å². The summed E-state index contributed by atoms with van der Waals surface area (Å²) in [6.07, 6.45) is 3.50. The first-order valence-electron chi connectivity index (χ1n) is 13.5. The molecule has 0 aliphatic rings. The predicted molar refractivity (Wildman–Crippen MR) is 160 cm³/mol. The fourth-order valence-corrected chi connectivity index (χ4v) is 4.71. The standard InChI is InChI=1S/C29H38N6O5S/c30-13-7-6-12-23(29(39)40)33-27(37)24(14-18-8-2-1-3-9-18)34-28(38)25(17-41)35-26(36)21(31)15-19-16-32-22-11-5-4-10-20(19)22/h1-5,8-11,16,21,23-25,32,41H,6-7,12-15,17,30-31H2,(H,33,37)(H,34,38)(H,35,36)(H,39,40). The number of carboxylic acid groups (broad SMARTS) is 1. The minimum absolute atomic E-state index is 0.0477. The Labute approximate surface area is 244 Å². The molecule has 4 unspecified atom stereocenters. The third kappa shape index (κ3) is 9.34. The van der Waals surface area contributed by atoms with Crippen molar-refractivity contribution >= 4 is 47.2 Å². The van der Waals surface area contributed by atoms with E-state index in [-0.39, 0.29) is 25.0 Å². The molecule has 9 N–H and O–H groups in total. The second-order valence-corrected chi connectivity index (χ2v) is 10.2. The molecular formula is C29H38N6O5S. The molecule has 0 radical (unpaired) electrons. The summed E-state index contributed by atoms with van der Waals surface area (Å²) in [5.41, 5.74) is 14.2. The van der Waals surface area contributed by atoms with Gasteiger partial charge in [-0.3, -0.25) is 14.4 Å². The second-order valence-electron chi connectivity index (χ2n) is 9.85. The summed E-state index contributed by atoms with van der Waals surface area (Å²) in [7, 11) is 0. The Kier molecular flexibility index (Phi) is 12.2. The van der Waals surface area contributed by atoms with Crippen LogP contribution in [0, 0.1) is 0 Å². The van der Waals surface area contributed by atoms with Gasteiger partial charge in [0.1, 0.15) is 18.1 Å². The van der Waals surface area contributed by atoms with Crippen LogP contribution in [0.5, 0.6) is 0 Å². The number of fused-ring (bicyclic) bond motifs is 1. The monoisotopic (exact) mass is 582 g/mol. The second kappa shape index (κ2) is 15.8. The lowest BCUT2D eigenvalue weighted by Crippen LogP contribution is -2.58. The Hall–Kier alpha value is -3.87. The molecule has 0 bridgehead atoms. The Morgan fingerprint density at radius 2 is 1.46 bits per heavy atom. The van der Waals surface area contributed by atoms with Gasteiger partial charge in [0.25, 0.3) is 0 Å². The zero-order valence-electron chi connectivity index (χ0n) is 22.7. The molecule has 220 valence electrons. The molecule has 12 heteroatoms. The molecule has 3 aromatic rings. The number of thiol groups is 1. The normalized spacial score (nSPS) is 14.0. The van der Waals surface area contributed by atoms with Crippen molar-refractivity contribution in [3.8, 4) is 0 Å². The molecule has 0 aliphatic heterocycles. The quantitative estimate of drug-likeness (QED) is 0.0907. The zero-order chi connectivity index (χ0) is 29.8. The van der Waals surface area contributed by atoms with Crippen LogP contribution >= 0.6 is 12.6 Å². The first kappa shape index (κ1) is 31.7. The van der Waals surface area contributed by atoms with Crippen molar-refractivity contribution in [1.29, 1.82) is 0 Å². The van der Waals surface area contributed by atoms with Gasteiger partial charge in [0, 0.05) is 29.3 Å². The van der Waals surface area contributed by atoms with Crippen molar-refractivity contribution in [2.75, 3.05) is 12.3 Å². The van der Waals surface area contributed by atoms with Gasteiger partial charge >= 0.3 is 5.97 Å². The summed E-state index contributed by atoms with van der Waals surface area (Å²) >= 11 is 4.23. The van der Waals surface area contributed by atoms with Crippen molar-refractivity contribution in [3.63, 3.8) is 0 Å². The van der Waals surface area contributed by atoms with Crippen LogP contribution in [-0.4, -0.2) is 70.2 Å². The average Bonchev–Trinajstić information content (AvgIpc) is 3.37. The molecule has 11 nitrogen and oxygen atoms in total. The highest BCUT2D eigenvalue weighted by molar-refractivity contribution is 7.80. The number of carbonyl (C=O) groups excluding carboxylic acids is 3. The van der Waals surface area contributed by atoms with Crippen LogP contribution in [0.15, 0.2) is 60.8 Å². The van der Waals surface area contributed by atoms with Gasteiger partial charge in [-0.1, -0.05) is 48.5 Å². The number of aromatic amines is 1. The van der Waals surface area contributed by atoms with E-state index in [1.165, 1.54) is 0 Å². The summed E-state index contributed by atoms with van der Waals surface area (Å²) in [5, 5.41) is 18.4. The highest BCUT2D eigenvalue weighted by atomic mass is 32.1. The van der Waals surface area contributed by atoms with Gasteiger partial charge in [0.15, 0.2) is 0 Å². The lowest BCUT2D eigenvalue weighted by Gasteiger charge is -2.25. The van der Waals surface area contributed by atoms with Gasteiger partial charge in [-0.15, -0.1) is 0 Å². The van der Waals surface area contributed by atoms with Crippen molar-refractivity contribution in [2.45, 2.75) is 56.3 Å². The number of hydrogen-bond acceptors (Lipinski definition) is 7. The van der Waals surface area contributed by atoms with Gasteiger partial charge in [-0.05, 0) is 49.4 Å². The van der Waals surface area contributed by atoms with Gasteiger partial charge < -0.3 is 37.5 Å². The SMILES string of the molecule is NCCCCC(NC(=O)C(Cc1ccccc1)NC(=O)C(CS)NC(=O)C(N)Cc1c[nH]c2ccccc12)C(=O)O. The molecule has 0 spiro atoms. The molecule has 1 aromatic heterocycles. The number of carbonyl (C=O) groups is 4. The first-order valence-corrected chi connectivity index (χ1v) is 14.2. The van der Waals surface area contributed by atoms with Crippen molar-refractivity contribution in [3.05, 3.63) is 71.9 Å². The largest absolute Gasteiger partial charge is 0.480 e. The predicted octanol–water partition coefficient (Wildman–Crippen LogP) is 0.878. The van der Waals surface area contributed by atoms with E-state index in [0.717, 1.165) is 22.0 Å². The van der Waals surface area contributed by atoms with Crippen molar-refractivity contribution in [2.24, 2.45) is 11.5 Å². The number of unbranched alkanes of at least 4 members (excludes halogenated alkanes) is 1. The van der Waals surface area contributed by atoms with E-state index in [4.69, 9.17) is 11.5 Å². The van der Waals surface area contributed by atoms with Crippen LogP contribution in [0.25, 0.3) is 10.9 Å². The Morgan fingerprint density at radius 1 is 0.829 bits per heavy atom. The summed E-state index contributed by atoms with van der Waals surface area (Å²) in [6, 6.07) is 12.4. The minimum atomic E-state index is -1.18. The van der Waals surface area contributed by atoms with Gasteiger partial charge in [0.05, 0.1) is 6.04 Å². The van der Waals surface area contributed by atoms with Crippen LogP contribution < -0.4 is 27.4 Å². The van der Waals surface area contributed by atoms with Crippen LogP contribution in [-0.2, 0) is 32.0 Å². The number of carboxylic acids is 1. The van der Waals surface area contributed by atoms with Gasteiger partial charge in [-0.2, -0.15) is 12.6 Å². The lowest BCUT2D eigenvalue weighted by atomic mass is 10.0. The van der Waals surface area contributed by atoms with E-state index < -0.39 is 47.9 Å². The molecule has 0 saturated heterocycles. The number of rotatable bonds is 16. The molecule has 1 heterocycles. The third-order valence-corrected chi connectivity index (χ3v) is 7.11. The van der Waals surface area contributed by atoms with Crippen LogP contribution in [0.1, 0.15) is 30.4 Å². The average molecular weight is 583 g/mol. The van der Waals surface area contributed by atoms with E-state index in [1.54, 1.807) is 30.5 Å². The molecule has 0 fully saturated rings. The molecule has 4 atom stereocenters. The molecule has 3 amide bonds. The molecule has 0 saturated carbocycles. The van der Waals surface area contributed by atoms with E-state index >= 15 is 0 Å². The summed E-state index contributed by atoms with van der Waals surface area (Å²) in [4.78, 5) is 54.3. The first-order chi connectivity index (χ1) is 19.7. The van der Waals surface area contributed by atoms with E-state index in [0.29, 0.717) is 19.4 Å². The fraction of sp³-hybridized carbons (Fsp3) is 0.379. The maximum absolute atomic E-state index is 13.2.